The van der Waals surface area contributed by atoms with Gasteiger partial charge in [-0.3, -0.25) is 25.0 Å². The molecule has 15 nitrogen and oxygen atoms in total. The van der Waals surface area contributed by atoms with Gasteiger partial charge in [-0.05, 0) is 59.7 Å². The van der Waals surface area contributed by atoms with Crippen molar-refractivity contribution in [1.82, 2.24) is 0 Å². The van der Waals surface area contributed by atoms with Crippen molar-refractivity contribution in [3.8, 4) is 11.5 Å². The van der Waals surface area contributed by atoms with Crippen LogP contribution < -0.4 is 8.37 Å². The summed E-state index contributed by atoms with van der Waals surface area (Å²) >= 11 is 0. The topological polar surface area (TPSA) is 231 Å². The molecule has 4 aromatic carbocycles. The maximum absolute atomic E-state index is 12.5. The van der Waals surface area contributed by atoms with E-state index in [4.69, 9.17) is 8.37 Å². The van der Waals surface area contributed by atoms with E-state index in [9.17, 15) is 52.1 Å². The van der Waals surface area contributed by atoms with Crippen LogP contribution in [0.4, 0.5) is 11.4 Å². The van der Waals surface area contributed by atoms with Crippen LogP contribution in [0, 0.1) is 20.2 Å². The fourth-order valence-corrected chi connectivity index (χ4v) is 6.08. The fraction of sp³-hybridized carbons (Fsp3) is 0.121. The average molecular weight is 725 g/mol. The number of aliphatic hydroxyl groups excluding tert-OH is 2. The molecular weight excluding hydrogens is 696 g/mol. The number of carbonyl (C=O) groups is 1. The van der Waals surface area contributed by atoms with E-state index in [1.165, 1.54) is 72.8 Å². The minimum absolute atomic E-state index is 0.0184. The van der Waals surface area contributed by atoms with Crippen LogP contribution in [0.1, 0.15) is 24.0 Å². The lowest BCUT2D eigenvalue weighted by atomic mass is 10.0. The second kappa shape index (κ2) is 16.1. The number of aliphatic hydroxyl groups is 2. The van der Waals surface area contributed by atoms with Gasteiger partial charge in [0.15, 0.2) is 0 Å². The predicted molar refractivity (Wildman–Crippen MR) is 179 cm³/mol. The first-order valence-corrected chi connectivity index (χ1v) is 17.3. The number of hydrogen-bond acceptors (Lipinski definition) is 13. The molecule has 0 radical (unpaired) electrons. The molecule has 0 heterocycles. The second-order valence-electron chi connectivity index (χ2n) is 10.5. The molecule has 4 aromatic rings. The largest absolute Gasteiger partial charge is 0.389 e. The van der Waals surface area contributed by atoms with E-state index in [2.05, 4.69) is 0 Å². The molecule has 0 aliphatic rings. The average Bonchev–Trinajstić information content (AvgIpc) is 3.07. The Kier molecular flexibility index (Phi) is 11.9. The molecule has 0 bridgehead atoms. The lowest BCUT2D eigenvalue weighted by Gasteiger charge is -2.09. The fourth-order valence-electron chi connectivity index (χ4n) is 4.22. The van der Waals surface area contributed by atoms with Gasteiger partial charge in [-0.25, -0.2) is 0 Å². The molecule has 0 saturated carbocycles. The van der Waals surface area contributed by atoms with Crippen molar-refractivity contribution in [3.05, 3.63) is 141 Å². The van der Waals surface area contributed by atoms with Crippen molar-refractivity contribution < 1.29 is 50.1 Å². The van der Waals surface area contributed by atoms with E-state index >= 15 is 0 Å². The highest BCUT2D eigenvalue weighted by molar-refractivity contribution is 7.87. The molecule has 260 valence electrons. The minimum atomic E-state index is -4.24. The Morgan fingerprint density at radius 2 is 0.920 bits per heavy atom. The van der Waals surface area contributed by atoms with Gasteiger partial charge in [0.25, 0.3) is 11.4 Å². The molecule has 0 saturated heterocycles. The summed E-state index contributed by atoms with van der Waals surface area (Å²) < 4.78 is 60.0. The molecule has 17 heteroatoms. The highest BCUT2D eigenvalue weighted by Gasteiger charge is 2.20. The molecule has 0 unspecified atom stereocenters. The summed E-state index contributed by atoms with van der Waals surface area (Å²) in [7, 11) is -8.48. The molecular formula is C33H28N2O13S2. The van der Waals surface area contributed by atoms with Crippen LogP contribution in [-0.2, 0) is 25.0 Å². The molecule has 2 atom stereocenters. The summed E-state index contributed by atoms with van der Waals surface area (Å²) in [6, 6.07) is 19.9. The van der Waals surface area contributed by atoms with E-state index in [-0.39, 0.29) is 45.5 Å². The summed E-state index contributed by atoms with van der Waals surface area (Å²) in [6.07, 6.45) is 2.81. The van der Waals surface area contributed by atoms with Gasteiger partial charge >= 0.3 is 20.2 Å². The number of rotatable bonds is 16. The third-order valence-corrected chi connectivity index (χ3v) is 9.26. The Bertz CT molecular complexity index is 1960. The molecule has 0 aliphatic carbocycles. The maximum atomic E-state index is 12.5. The zero-order valence-corrected chi connectivity index (χ0v) is 27.3. The summed E-state index contributed by atoms with van der Waals surface area (Å²) in [5, 5.41) is 42.1. The summed E-state index contributed by atoms with van der Waals surface area (Å²) in [5.74, 6) is -0.468. The highest BCUT2D eigenvalue weighted by Crippen LogP contribution is 2.23. The Morgan fingerprint density at radius 1 is 0.600 bits per heavy atom. The third kappa shape index (κ3) is 10.6. The van der Waals surface area contributed by atoms with Gasteiger partial charge in [0, 0.05) is 37.1 Å². The molecule has 0 aromatic heterocycles. The first-order chi connectivity index (χ1) is 23.6. The Balaban J connectivity index is 1.23. The first-order valence-electron chi connectivity index (χ1n) is 14.4. The van der Waals surface area contributed by atoms with Gasteiger partial charge in [0.2, 0.25) is 0 Å². The molecule has 0 aliphatic heterocycles. The van der Waals surface area contributed by atoms with Gasteiger partial charge in [-0.1, -0.05) is 48.6 Å². The number of nitro benzene ring substituents is 2. The maximum Gasteiger partial charge on any atom is 0.339 e. The molecule has 4 rings (SSSR count). The molecule has 2 N–H and O–H groups in total. The molecule has 0 amide bonds. The number of benzene rings is 4. The number of nitrogens with zero attached hydrogens (tertiary/aromatic N) is 2. The van der Waals surface area contributed by atoms with Crippen LogP contribution in [-0.4, -0.2) is 54.9 Å². The second-order valence-corrected chi connectivity index (χ2v) is 13.6. The van der Waals surface area contributed by atoms with Crippen molar-refractivity contribution in [3.63, 3.8) is 0 Å². The van der Waals surface area contributed by atoms with Crippen LogP contribution in [0.5, 0.6) is 11.5 Å². The third-order valence-electron chi connectivity index (χ3n) is 6.74. The van der Waals surface area contributed by atoms with Crippen molar-refractivity contribution in [2.24, 2.45) is 0 Å². The Morgan fingerprint density at radius 3 is 1.22 bits per heavy atom. The van der Waals surface area contributed by atoms with Crippen LogP contribution in [0.2, 0.25) is 0 Å². The summed E-state index contributed by atoms with van der Waals surface area (Å²) in [5.41, 5.74) is 0.569. The van der Waals surface area contributed by atoms with E-state index in [1.54, 1.807) is 0 Å². The number of ketones is 1. The zero-order valence-electron chi connectivity index (χ0n) is 25.7. The Labute approximate surface area is 285 Å². The van der Waals surface area contributed by atoms with Crippen LogP contribution in [0.15, 0.2) is 119 Å². The van der Waals surface area contributed by atoms with Crippen molar-refractivity contribution >= 4 is 49.5 Å². The Hall–Kier alpha value is -5.75. The summed E-state index contributed by atoms with van der Waals surface area (Å²) in [4.78, 5) is 32.1. The predicted octanol–water partition coefficient (Wildman–Crippen LogP) is 4.84. The van der Waals surface area contributed by atoms with E-state index in [0.717, 1.165) is 48.5 Å². The first kappa shape index (κ1) is 37.1. The van der Waals surface area contributed by atoms with E-state index in [0.29, 0.717) is 11.1 Å². The molecule has 0 fully saturated rings. The van der Waals surface area contributed by atoms with Gasteiger partial charge < -0.3 is 18.6 Å². The van der Waals surface area contributed by atoms with Crippen molar-refractivity contribution in [1.29, 1.82) is 0 Å². The van der Waals surface area contributed by atoms with Crippen LogP contribution in [0.25, 0.3) is 12.2 Å². The quantitative estimate of drug-likeness (QED) is 0.0896. The minimum Gasteiger partial charge on any atom is -0.389 e. The monoisotopic (exact) mass is 724 g/mol. The number of non-ortho nitro benzene ring substituents is 2. The van der Waals surface area contributed by atoms with E-state index < -0.39 is 48.1 Å². The number of carbonyl (C=O) groups excluding carboxylic acids is 1. The van der Waals surface area contributed by atoms with Crippen LogP contribution >= 0.6 is 0 Å². The number of hydrogen-bond donors (Lipinski definition) is 2. The smallest absolute Gasteiger partial charge is 0.339 e. The lowest BCUT2D eigenvalue weighted by Crippen LogP contribution is -2.16. The number of nitro groups is 2. The molecule has 50 heavy (non-hydrogen) atoms. The van der Waals surface area contributed by atoms with Crippen molar-refractivity contribution in [2.45, 2.75) is 34.8 Å². The van der Waals surface area contributed by atoms with Crippen LogP contribution in [0.3, 0.4) is 0 Å². The summed E-state index contributed by atoms with van der Waals surface area (Å²) in [6.45, 7) is 0. The zero-order chi connectivity index (χ0) is 36.5. The van der Waals surface area contributed by atoms with Gasteiger partial charge in [-0.2, -0.15) is 16.8 Å². The normalized spacial score (nSPS) is 13.2. The molecule has 0 spiro atoms. The standard InChI is InChI=1S/C33H28N2O13S2/c36-27(11-1-23-3-13-30(14-4-23)47-49(43,44)32-17-7-25(8-18-32)34(39)40)21-29(38)22-28(37)12-2-24-5-15-31(16-6-24)48-50(45,46)33-19-9-26(10-20-33)35(41)42/h1-20,27-28,36-37H,21-22H2/b11-1+,12-2+/t27-,28-/m0/s1. The van der Waals surface area contributed by atoms with Gasteiger partial charge in [0.05, 0.1) is 22.1 Å². The highest BCUT2D eigenvalue weighted by atomic mass is 32.2. The number of Topliss-reactive ketones (excluding diaryl/α,β-unsaturated/α-hetero) is 1. The SMILES string of the molecule is O=C(C[C@@H](O)/C=C/c1ccc(OS(=O)(=O)c2ccc([N+](=O)[O-])cc2)cc1)C[C@@H](O)/C=C/c1ccc(OS(=O)(=O)c2ccc([N+](=O)[O-])cc2)cc1. The van der Waals surface area contributed by atoms with Gasteiger partial charge in [-0.15, -0.1) is 0 Å². The van der Waals surface area contributed by atoms with Gasteiger partial charge in [0.1, 0.15) is 27.1 Å². The van der Waals surface area contributed by atoms with Crippen molar-refractivity contribution in [2.75, 3.05) is 0 Å². The lowest BCUT2D eigenvalue weighted by molar-refractivity contribution is -0.385. The van der Waals surface area contributed by atoms with E-state index in [1.807, 2.05) is 0 Å².